The first kappa shape index (κ1) is 19.8. The second-order valence-corrected chi connectivity index (χ2v) is 9.73. The standard InChI is InChI=1S/C16H19IN2O5S/c1-3-11-13(7-5-4-6-10(2)17)25(23,24)19(16(11)22)12-8-9-14(20)18-15(12)21/h3,5,7,10,12H,1,4,6,8-9H2,2H3,(H,18,20,21)/b7-5-/t10-,12?/m0/s1. The van der Waals surface area contributed by atoms with Crippen molar-refractivity contribution < 1.29 is 22.8 Å². The summed E-state index contributed by atoms with van der Waals surface area (Å²) < 4.78 is 26.6. The number of carbonyl (C=O) groups is 3. The predicted octanol–water partition coefficient (Wildman–Crippen LogP) is 1.56. The van der Waals surface area contributed by atoms with E-state index >= 15 is 0 Å². The summed E-state index contributed by atoms with van der Waals surface area (Å²) in [4.78, 5) is 35.7. The van der Waals surface area contributed by atoms with E-state index in [0.29, 0.717) is 14.7 Å². The zero-order valence-corrected chi connectivity index (χ0v) is 16.7. The summed E-state index contributed by atoms with van der Waals surface area (Å²) in [5, 5.41) is 2.08. The molecule has 1 unspecified atom stereocenters. The van der Waals surface area contributed by atoms with Gasteiger partial charge in [-0.05, 0) is 25.3 Å². The molecule has 1 N–H and O–H groups in total. The molecule has 0 aromatic heterocycles. The van der Waals surface area contributed by atoms with Gasteiger partial charge in [-0.2, -0.15) is 0 Å². The van der Waals surface area contributed by atoms with Crippen molar-refractivity contribution >= 4 is 50.3 Å². The first-order valence-corrected chi connectivity index (χ1v) is 10.5. The molecular weight excluding hydrogens is 459 g/mol. The molecule has 2 aliphatic heterocycles. The third-order valence-electron chi connectivity index (χ3n) is 3.93. The number of piperidine rings is 1. The van der Waals surface area contributed by atoms with Crippen LogP contribution in [0.15, 0.2) is 35.3 Å². The first-order valence-electron chi connectivity index (χ1n) is 7.80. The van der Waals surface area contributed by atoms with Crippen LogP contribution in [0.2, 0.25) is 0 Å². The lowest BCUT2D eigenvalue weighted by atomic mass is 10.1. The Morgan fingerprint density at radius 1 is 1.40 bits per heavy atom. The molecule has 9 heteroatoms. The Morgan fingerprint density at radius 2 is 2.08 bits per heavy atom. The maximum Gasteiger partial charge on any atom is 0.269 e. The van der Waals surface area contributed by atoms with E-state index in [1.54, 1.807) is 6.08 Å². The number of hydrogen-bond donors (Lipinski definition) is 1. The second-order valence-electron chi connectivity index (χ2n) is 5.82. The quantitative estimate of drug-likeness (QED) is 0.355. The van der Waals surface area contributed by atoms with E-state index in [9.17, 15) is 22.8 Å². The van der Waals surface area contributed by atoms with E-state index in [1.165, 1.54) is 12.2 Å². The van der Waals surface area contributed by atoms with Crippen LogP contribution in [-0.4, -0.2) is 40.4 Å². The van der Waals surface area contributed by atoms with Gasteiger partial charge in [0.1, 0.15) is 10.9 Å². The van der Waals surface area contributed by atoms with E-state index < -0.39 is 33.8 Å². The molecule has 7 nitrogen and oxygen atoms in total. The summed E-state index contributed by atoms with van der Waals surface area (Å²) in [6.07, 6.45) is 5.79. The molecule has 3 amide bonds. The average molecular weight is 478 g/mol. The van der Waals surface area contributed by atoms with Crippen molar-refractivity contribution in [3.8, 4) is 0 Å². The minimum absolute atomic E-state index is 0.0160. The number of rotatable bonds is 6. The van der Waals surface area contributed by atoms with Gasteiger partial charge in [0.05, 0.1) is 5.57 Å². The maximum atomic E-state index is 12.8. The molecule has 0 radical (unpaired) electrons. The van der Waals surface area contributed by atoms with Gasteiger partial charge in [-0.1, -0.05) is 48.2 Å². The van der Waals surface area contributed by atoms with Crippen LogP contribution in [-0.2, 0) is 24.4 Å². The third kappa shape index (κ3) is 4.02. The number of nitrogens with zero attached hydrogens (tertiary/aromatic N) is 1. The summed E-state index contributed by atoms with van der Waals surface area (Å²) in [6, 6.07) is -1.22. The Hall–Kier alpha value is -1.49. The highest BCUT2D eigenvalue weighted by atomic mass is 127. The van der Waals surface area contributed by atoms with Gasteiger partial charge in [0.2, 0.25) is 5.91 Å². The van der Waals surface area contributed by atoms with Crippen LogP contribution >= 0.6 is 22.6 Å². The fourth-order valence-electron chi connectivity index (χ4n) is 2.67. The Balaban J connectivity index is 2.33. The van der Waals surface area contributed by atoms with E-state index in [4.69, 9.17) is 0 Å². The number of allylic oxidation sites excluding steroid dienone is 2. The number of nitrogens with one attached hydrogen (secondary N) is 1. The van der Waals surface area contributed by atoms with Crippen molar-refractivity contribution in [3.05, 3.63) is 35.3 Å². The van der Waals surface area contributed by atoms with Crippen molar-refractivity contribution in [2.24, 2.45) is 0 Å². The van der Waals surface area contributed by atoms with Crippen LogP contribution in [0.1, 0.15) is 32.6 Å². The molecule has 0 aromatic rings. The normalized spacial score (nSPS) is 24.8. The summed E-state index contributed by atoms with van der Waals surface area (Å²) in [5.74, 6) is -2.04. The molecule has 1 saturated heterocycles. The number of sulfonamides is 1. The van der Waals surface area contributed by atoms with Gasteiger partial charge in [0, 0.05) is 10.3 Å². The first-order chi connectivity index (χ1) is 11.7. The highest BCUT2D eigenvalue weighted by Crippen LogP contribution is 2.33. The van der Waals surface area contributed by atoms with Crippen molar-refractivity contribution in [1.82, 2.24) is 9.62 Å². The molecular formula is C16H19IN2O5S. The zero-order chi connectivity index (χ0) is 18.8. The predicted molar refractivity (Wildman–Crippen MR) is 101 cm³/mol. The second kappa shape index (κ2) is 7.81. The molecule has 2 atom stereocenters. The highest BCUT2D eigenvalue weighted by molar-refractivity contribution is 14.1. The summed E-state index contributed by atoms with van der Waals surface area (Å²) in [7, 11) is -4.16. The maximum absolute atomic E-state index is 12.8. The van der Waals surface area contributed by atoms with Crippen LogP contribution in [0.3, 0.4) is 0 Å². The number of halogens is 1. The molecule has 2 aliphatic rings. The molecule has 25 heavy (non-hydrogen) atoms. The van der Waals surface area contributed by atoms with Gasteiger partial charge in [-0.3, -0.25) is 19.7 Å². The Labute approximate surface area is 160 Å². The Bertz CT molecular complexity index is 782. The van der Waals surface area contributed by atoms with Gasteiger partial charge < -0.3 is 0 Å². The molecule has 0 spiro atoms. The van der Waals surface area contributed by atoms with Gasteiger partial charge >= 0.3 is 0 Å². The number of carbonyl (C=O) groups excluding carboxylic acids is 3. The Morgan fingerprint density at radius 3 is 2.64 bits per heavy atom. The zero-order valence-electron chi connectivity index (χ0n) is 13.7. The Kier molecular flexibility index (Phi) is 6.20. The number of amides is 3. The molecule has 0 aromatic carbocycles. The number of alkyl halides is 1. The molecule has 2 heterocycles. The topological polar surface area (TPSA) is 101 Å². The van der Waals surface area contributed by atoms with Crippen LogP contribution in [0.4, 0.5) is 0 Å². The lowest BCUT2D eigenvalue weighted by Gasteiger charge is -2.28. The summed E-state index contributed by atoms with van der Waals surface area (Å²) in [5.41, 5.74) is -0.0523. The van der Waals surface area contributed by atoms with Crippen LogP contribution < -0.4 is 5.32 Å². The summed E-state index contributed by atoms with van der Waals surface area (Å²) in [6.45, 7) is 5.56. The van der Waals surface area contributed by atoms with Crippen molar-refractivity contribution in [2.45, 2.75) is 42.6 Å². The molecule has 1 fully saturated rings. The van der Waals surface area contributed by atoms with Gasteiger partial charge in [-0.15, -0.1) is 0 Å². The molecule has 136 valence electrons. The fourth-order valence-corrected chi connectivity index (χ4v) is 4.81. The summed E-state index contributed by atoms with van der Waals surface area (Å²) >= 11 is 2.27. The molecule has 0 bridgehead atoms. The minimum Gasteiger partial charge on any atom is -0.295 e. The molecule has 2 rings (SSSR count). The van der Waals surface area contributed by atoms with Crippen LogP contribution in [0.25, 0.3) is 0 Å². The monoisotopic (exact) mass is 478 g/mol. The van der Waals surface area contributed by atoms with Gasteiger partial charge in [0.15, 0.2) is 0 Å². The number of imide groups is 1. The van der Waals surface area contributed by atoms with Gasteiger partial charge in [-0.25, -0.2) is 12.7 Å². The fraction of sp³-hybridized carbons (Fsp3) is 0.438. The van der Waals surface area contributed by atoms with Crippen molar-refractivity contribution in [2.75, 3.05) is 0 Å². The van der Waals surface area contributed by atoms with Gasteiger partial charge in [0.25, 0.3) is 21.8 Å². The largest absolute Gasteiger partial charge is 0.295 e. The van der Waals surface area contributed by atoms with Crippen LogP contribution in [0, 0.1) is 0 Å². The van der Waals surface area contributed by atoms with E-state index in [0.717, 1.165) is 6.42 Å². The van der Waals surface area contributed by atoms with E-state index in [2.05, 4.69) is 34.5 Å². The minimum atomic E-state index is -4.16. The van der Waals surface area contributed by atoms with E-state index in [1.807, 2.05) is 6.92 Å². The number of hydrogen-bond acceptors (Lipinski definition) is 5. The lowest BCUT2D eigenvalue weighted by molar-refractivity contribution is -0.140. The van der Waals surface area contributed by atoms with Crippen molar-refractivity contribution in [3.63, 3.8) is 0 Å². The smallest absolute Gasteiger partial charge is 0.269 e. The SMILES string of the molecule is C=CC1=C(/C=C\CC[C@H](C)I)S(=O)(=O)N(C2CCC(=O)NC2=O)C1=O. The molecule has 0 aliphatic carbocycles. The average Bonchev–Trinajstić information content (AvgIpc) is 2.70. The van der Waals surface area contributed by atoms with Crippen LogP contribution in [0.5, 0.6) is 0 Å². The van der Waals surface area contributed by atoms with Crippen molar-refractivity contribution in [1.29, 1.82) is 0 Å². The third-order valence-corrected chi connectivity index (χ3v) is 6.40. The lowest BCUT2D eigenvalue weighted by Crippen LogP contribution is -2.54. The molecule has 0 saturated carbocycles. The van der Waals surface area contributed by atoms with E-state index in [-0.39, 0.29) is 23.3 Å². The highest BCUT2D eigenvalue weighted by Gasteiger charge is 2.48.